The number of aryl methyl sites for hydroxylation is 1. The summed E-state index contributed by atoms with van der Waals surface area (Å²) < 4.78 is 10.4. The molecule has 5 nitrogen and oxygen atoms in total. The summed E-state index contributed by atoms with van der Waals surface area (Å²) in [4.78, 5) is 5.03. The minimum absolute atomic E-state index is 0.368. The van der Waals surface area contributed by atoms with Gasteiger partial charge in [0.15, 0.2) is 5.82 Å². The molecule has 0 aliphatic rings. The van der Waals surface area contributed by atoms with Crippen molar-refractivity contribution in [2.45, 2.75) is 19.9 Å². The number of aromatic nitrogens is 2. The molecule has 0 aliphatic carbocycles. The van der Waals surface area contributed by atoms with Crippen LogP contribution in [0.15, 0.2) is 9.90 Å². The molecule has 2 heterocycles. The van der Waals surface area contributed by atoms with E-state index in [1.165, 1.54) is 11.3 Å². The number of nitrogens with zero attached hydrogens (tertiary/aromatic N) is 2. The number of thiophene rings is 1. The van der Waals surface area contributed by atoms with E-state index < -0.39 is 0 Å². The van der Waals surface area contributed by atoms with Crippen molar-refractivity contribution in [3.8, 4) is 10.8 Å². The fourth-order valence-corrected chi connectivity index (χ4v) is 2.57. The summed E-state index contributed by atoms with van der Waals surface area (Å²) in [6, 6.07) is -0.387. The number of ether oxygens (including phenoxy) is 1. The van der Waals surface area contributed by atoms with Crippen LogP contribution >= 0.6 is 22.9 Å². The van der Waals surface area contributed by atoms with Crippen LogP contribution in [0.5, 0.6) is 0 Å². The standard InChI is InChI=1S/C11H14ClN3O2S/c1-3-16-4-7(13)10-14-11(17-15-10)9-8(12)6(2)5-18-9/h5,7H,3-4,13H2,1-2H3. The van der Waals surface area contributed by atoms with Crippen LogP contribution in [0.1, 0.15) is 24.4 Å². The molecule has 0 spiro atoms. The molecule has 0 aromatic carbocycles. The number of nitrogens with two attached hydrogens (primary N) is 1. The third-order valence-electron chi connectivity index (χ3n) is 2.37. The summed E-state index contributed by atoms with van der Waals surface area (Å²) in [6.45, 7) is 4.81. The van der Waals surface area contributed by atoms with Crippen LogP contribution in [0.4, 0.5) is 0 Å². The molecule has 2 N–H and O–H groups in total. The third-order valence-corrected chi connectivity index (χ3v) is 4.05. The molecule has 98 valence electrons. The molecule has 0 saturated heterocycles. The minimum Gasteiger partial charge on any atom is -0.380 e. The van der Waals surface area contributed by atoms with Crippen molar-refractivity contribution < 1.29 is 9.26 Å². The Balaban J connectivity index is 2.17. The number of rotatable bonds is 5. The fraction of sp³-hybridized carbons (Fsp3) is 0.455. The van der Waals surface area contributed by atoms with Crippen LogP contribution in [0, 0.1) is 6.92 Å². The normalized spacial score (nSPS) is 12.9. The zero-order valence-electron chi connectivity index (χ0n) is 10.1. The second-order valence-electron chi connectivity index (χ2n) is 3.79. The van der Waals surface area contributed by atoms with E-state index in [1.807, 2.05) is 19.2 Å². The molecule has 2 aromatic rings. The lowest BCUT2D eigenvalue weighted by atomic mass is 10.3. The summed E-state index contributed by atoms with van der Waals surface area (Å²) in [5.41, 5.74) is 6.87. The average Bonchev–Trinajstić information content (AvgIpc) is 2.95. The largest absolute Gasteiger partial charge is 0.380 e. The van der Waals surface area contributed by atoms with Crippen LogP contribution < -0.4 is 5.73 Å². The second-order valence-corrected chi connectivity index (χ2v) is 5.04. The molecule has 18 heavy (non-hydrogen) atoms. The van der Waals surface area contributed by atoms with Crippen LogP contribution in [0.3, 0.4) is 0 Å². The topological polar surface area (TPSA) is 74.2 Å². The maximum Gasteiger partial charge on any atom is 0.269 e. The molecular formula is C11H14ClN3O2S. The van der Waals surface area contributed by atoms with Crippen LogP contribution in [0.25, 0.3) is 10.8 Å². The smallest absolute Gasteiger partial charge is 0.269 e. The molecule has 1 unspecified atom stereocenters. The van der Waals surface area contributed by atoms with Crippen molar-refractivity contribution in [3.05, 3.63) is 21.8 Å². The van der Waals surface area contributed by atoms with Crippen LogP contribution in [-0.2, 0) is 4.74 Å². The van der Waals surface area contributed by atoms with Gasteiger partial charge >= 0.3 is 0 Å². The minimum atomic E-state index is -0.387. The van der Waals surface area contributed by atoms with Crippen molar-refractivity contribution in [1.29, 1.82) is 0 Å². The van der Waals surface area contributed by atoms with Crippen molar-refractivity contribution in [1.82, 2.24) is 10.1 Å². The Labute approximate surface area is 114 Å². The highest BCUT2D eigenvalue weighted by Gasteiger charge is 2.19. The molecule has 0 bridgehead atoms. The monoisotopic (exact) mass is 287 g/mol. The van der Waals surface area contributed by atoms with Gasteiger partial charge in [0.05, 0.1) is 17.7 Å². The lowest BCUT2D eigenvalue weighted by Crippen LogP contribution is -2.18. The SMILES string of the molecule is CCOCC(N)c1noc(-c2scc(C)c2Cl)n1. The van der Waals surface area contributed by atoms with E-state index in [9.17, 15) is 0 Å². The molecule has 7 heteroatoms. The fourth-order valence-electron chi connectivity index (χ4n) is 1.37. The molecule has 2 aromatic heterocycles. The Bertz CT molecular complexity index is 526. The first kappa shape index (κ1) is 13.5. The summed E-state index contributed by atoms with van der Waals surface area (Å²) in [5.74, 6) is 0.834. The van der Waals surface area contributed by atoms with Crippen molar-refractivity contribution in [3.63, 3.8) is 0 Å². The predicted molar refractivity (Wildman–Crippen MR) is 70.8 cm³/mol. The first-order chi connectivity index (χ1) is 8.63. The predicted octanol–water partition coefficient (Wildman–Crippen LogP) is 2.80. The molecular weight excluding hydrogens is 274 g/mol. The Morgan fingerprint density at radius 2 is 2.39 bits per heavy atom. The molecule has 2 rings (SSSR count). The van der Waals surface area contributed by atoms with Gasteiger partial charge in [-0.1, -0.05) is 16.8 Å². The van der Waals surface area contributed by atoms with E-state index in [1.54, 1.807) is 0 Å². The number of hydrogen-bond donors (Lipinski definition) is 1. The van der Waals surface area contributed by atoms with Gasteiger partial charge in [0, 0.05) is 6.61 Å². The van der Waals surface area contributed by atoms with Gasteiger partial charge in [-0.3, -0.25) is 0 Å². The number of halogens is 1. The first-order valence-electron chi connectivity index (χ1n) is 5.54. The zero-order valence-corrected chi connectivity index (χ0v) is 11.7. The van der Waals surface area contributed by atoms with E-state index in [-0.39, 0.29) is 6.04 Å². The maximum absolute atomic E-state index is 6.14. The van der Waals surface area contributed by atoms with E-state index in [2.05, 4.69) is 10.1 Å². The highest BCUT2D eigenvalue weighted by molar-refractivity contribution is 7.14. The summed E-state index contributed by atoms with van der Waals surface area (Å²) in [7, 11) is 0. The highest BCUT2D eigenvalue weighted by Crippen LogP contribution is 2.35. The van der Waals surface area contributed by atoms with E-state index in [4.69, 9.17) is 26.6 Å². The van der Waals surface area contributed by atoms with Gasteiger partial charge in [-0.15, -0.1) is 11.3 Å². The second kappa shape index (κ2) is 5.79. The van der Waals surface area contributed by atoms with Gasteiger partial charge in [0.2, 0.25) is 0 Å². The zero-order chi connectivity index (χ0) is 13.1. The van der Waals surface area contributed by atoms with Crippen molar-refractivity contribution in [2.75, 3.05) is 13.2 Å². The molecule has 0 amide bonds. The van der Waals surface area contributed by atoms with Crippen LogP contribution in [0.2, 0.25) is 5.02 Å². The molecule has 0 saturated carbocycles. The van der Waals surface area contributed by atoms with Gasteiger partial charge < -0.3 is 15.0 Å². The van der Waals surface area contributed by atoms with Crippen molar-refractivity contribution in [2.24, 2.45) is 5.73 Å². The van der Waals surface area contributed by atoms with Gasteiger partial charge in [-0.05, 0) is 24.8 Å². The summed E-state index contributed by atoms with van der Waals surface area (Å²) >= 11 is 7.61. The third kappa shape index (κ3) is 2.72. The van der Waals surface area contributed by atoms with Crippen LogP contribution in [-0.4, -0.2) is 23.4 Å². The van der Waals surface area contributed by atoms with E-state index in [0.29, 0.717) is 30.0 Å². The Kier molecular flexibility index (Phi) is 4.34. The highest BCUT2D eigenvalue weighted by atomic mass is 35.5. The van der Waals surface area contributed by atoms with E-state index >= 15 is 0 Å². The maximum atomic E-state index is 6.14. The summed E-state index contributed by atoms with van der Waals surface area (Å²) in [5, 5.41) is 6.45. The molecule has 0 radical (unpaired) electrons. The average molecular weight is 288 g/mol. The quantitative estimate of drug-likeness (QED) is 0.915. The number of hydrogen-bond acceptors (Lipinski definition) is 6. The van der Waals surface area contributed by atoms with Gasteiger partial charge in [-0.2, -0.15) is 4.98 Å². The summed E-state index contributed by atoms with van der Waals surface area (Å²) in [6.07, 6.45) is 0. The molecule has 0 fully saturated rings. The first-order valence-corrected chi connectivity index (χ1v) is 6.80. The lowest BCUT2D eigenvalue weighted by molar-refractivity contribution is 0.130. The molecule has 0 aliphatic heterocycles. The Morgan fingerprint density at radius 3 is 3.00 bits per heavy atom. The molecule has 1 atom stereocenters. The Hall–Kier alpha value is -0.950. The Morgan fingerprint density at radius 1 is 1.61 bits per heavy atom. The van der Waals surface area contributed by atoms with Gasteiger partial charge in [-0.25, -0.2) is 0 Å². The lowest BCUT2D eigenvalue weighted by Gasteiger charge is -2.05. The van der Waals surface area contributed by atoms with Gasteiger partial charge in [0.1, 0.15) is 4.88 Å². The van der Waals surface area contributed by atoms with Gasteiger partial charge in [0.25, 0.3) is 5.89 Å². The van der Waals surface area contributed by atoms with E-state index in [0.717, 1.165) is 10.4 Å². The van der Waals surface area contributed by atoms with Crippen molar-refractivity contribution >= 4 is 22.9 Å².